The number of amides is 1. The summed E-state index contributed by atoms with van der Waals surface area (Å²) in [6, 6.07) is 16.4. The van der Waals surface area contributed by atoms with Gasteiger partial charge in [-0.3, -0.25) is 4.79 Å². The van der Waals surface area contributed by atoms with E-state index in [0.717, 1.165) is 39.8 Å². The van der Waals surface area contributed by atoms with E-state index in [9.17, 15) is 9.90 Å². The Morgan fingerprint density at radius 1 is 1.13 bits per heavy atom. The van der Waals surface area contributed by atoms with Gasteiger partial charge >= 0.3 is 0 Å². The van der Waals surface area contributed by atoms with Crippen LogP contribution < -0.4 is 10.1 Å². The van der Waals surface area contributed by atoms with Crippen molar-refractivity contribution in [1.29, 1.82) is 0 Å². The number of aliphatic hydroxyl groups excluding tert-OH is 1. The molecule has 2 aromatic carbocycles. The van der Waals surface area contributed by atoms with Gasteiger partial charge in [-0.2, -0.15) is 0 Å². The summed E-state index contributed by atoms with van der Waals surface area (Å²) in [5.41, 5.74) is 2.27. The molecule has 4 rings (SSSR count). The fraction of sp³-hybridized carbons (Fsp3) is 0.0870. The molecule has 0 spiro atoms. The third-order valence-electron chi connectivity index (χ3n) is 4.50. The van der Waals surface area contributed by atoms with Gasteiger partial charge in [0.15, 0.2) is 0 Å². The number of ether oxygens (including phenoxy) is 1. The molecule has 1 heterocycles. The smallest absolute Gasteiger partial charge is 0.258 e. The molecular formula is C23H16BrCl2NO3S. The lowest BCUT2D eigenvalue weighted by Crippen LogP contribution is -2.23. The van der Waals surface area contributed by atoms with Crippen LogP contribution >= 0.6 is 50.5 Å². The Bertz CT molecular complexity index is 1200. The van der Waals surface area contributed by atoms with Gasteiger partial charge in [-0.1, -0.05) is 47.5 Å². The fourth-order valence-electron chi connectivity index (χ4n) is 2.79. The number of rotatable bonds is 6. The molecule has 0 bridgehead atoms. The van der Waals surface area contributed by atoms with Gasteiger partial charge in [0.1, 0.15) is 21.6 Å². The molecule has 0 atom stereocenters. The quantitative estimate of drug-likeness (QED) is 0.314. The predicted octanol–water partition coefficient (Wildman–Crippen LogP) is 7.99. The minimum absolute atomic E-state index is 0.0827. The lowest BCUT2D eigenvalue weighted by Gasteiger charge is -2.10. The van der Waals surface area contributed by atoms with Crippen LogP contribution in [0.5, 0.6) is 11.5 Å². The Hall–Kier alpha value is -2.25. The van der Waals surface area contributed by atoms with E-state index >= 15 is 0 Å². The lowest BCUT2D eigenvalue weighted by atomic mass is 10.1. The van der Waals surface area contributed by atoms with Crippen molar-refractivity contribution in [3.63, 3.8) is 0 Å². The van der Waals surface area contributed by atoms with Crippen molar-refractivity contribution >= 4 is 62.5 Å². The molecule has 2 N–H and O–H groups in total. The Labute approximate surface area is 201 Å². The molecule has 158 valence electrons. The van der Waals surface area contributed by atoms with Crippen molar-refractivity contribution in [3.8, 4) is 11.5 Å². The summed E-state index contributed by atoms with van der Waals surface area (Å²) in [6.07, 6.45) is 3.33. The van der Waals surface area contributed by atoms with E-state index in [4.69, 9.17) is 27.9 Å². The highest BCUT2D eigenvalue weighted by Gasteiger charge is 2.23. The molecule has 1 fully saturated rings. The molecule has 1 amide bonds. The normalized spacial score (nSPS) is 13.1. The molecule has 0 unspecified atom stereocenters. The van der Waals surface area contributed by atoms with Gasteiger partial charge in [0, 0.05) is 0 Å². The van der Waals surface area contributed by atoms with Crippen LogP contribution in [0.25, 0.3) is 6.08 Å². The Morgan fingerprint density at radius 2 is 1.84 bits per heavy atom. The van der Waals surface area contributed by atoms with Crippen LogP contribution in [0.2, 0.25) is 8.67 Å². The lowest BCUT2D eigenvalue weighted by molar-refractivity contribution is 0.0965. The third kappa shape index (κ3) is 5.52. The van der Waals surface area contributed by atoms with Crippen molar-refractivity contribution < 1.29 is 14.6 Å². The summed E-state index contributed by atoms with van der Waals surface area (Å²) < 4.78 is 7.46. The van der Waals surface area contributed by atoms with E-state index in [1.165, 1.54) is 6.07 Å². The Morgan fingerprint density at radius 3 is 2.45 bits per heavy atom. The number of hydrogen-bond acceptors (Lipinski definition) is 4. The van der Waals surface area contributed by atoms with Gasteiger partial charge in [0.2, 0.25) is 0 Å². The molecule has 8 heteroatoms. The van der Waals surface area contributed by atoms with Crippen LogP contribution in [-0.2, 0) is 0 Å². The van der Waals surface area contributed by atoms with Crippen molar-refractivity contribution in [2.24, 2.45) is 0 Å². The standard InChI is InChI=1S/C23H16BrCl2NO3S/c24-17-3-1-2-4-19(17)30-15-9-5-13(6-10-15)11-18(21(28)14-7-8-14)27-23(29)16-12-20(25)31-22(16)26/h1-6,9-12,28H,7-8H2,(H,27,29)/b18-11-. The first-order valence-electron chi connectivity index (χ1n) is 9.32. The van der Waals surface area contributed by atoms with Crippen LogP contribution in [0.1, 0.15) is 28.8 Å². The molecule has 1 aliphatic rings. The summed E-state index contributed by atoms with van der Waals surface area (Å²) in [5.74, 6) is 1.03. The number of nitrogens with one attached hydrogen (secondary N) is 1. The predicted molar refractivity (Wildman–Crippen MR) is 129 cm³/mol. The molecule has 1 aromatic heterocycles. The number of allylic oxidation sites excluding steroid dienone is 1. The number of thiophene rings is 1. The highest BCUT2D eigenvalue weighted by molar-refractivity contribution is 9.10. The molecule has 0 radical (unpaired) electrons. The minimum atomic E-state index is -0.430. The fourth-order valence-corrected chi connectivity index (χ4v) is 4.62. The number of aliphatic hydroxyl groups is 1. The van der Waals surface area contributed by atoms with Crippen LogP contribution in [-0.4, -0.2) is 11.0 Å². The summed E-state index contributed by atoms with van der Waals surface area (Å²) in [7, 11) is 0. The first-order valence-corrected chi connectivity index (χ1v) is 11.7. The van der Waals surface area contributed by atoms with E-state index in [2.05, 4.69) is 21.2 Å². The Kier molecular flexibility index (Phi) is 6.72. The summed E-state index contributed by atoms with van der Waals surface area (Å²) in [4.78, 5) is 12.7. The van der Waals surface area contributed by atoms with Crippen molar-refractivity contribution in [2.45, 2.75) is 12.8 Å². The third-order valence-corrected chi connectivity index (χ3v) is 6.64. The molecule has 0 aliphatic heterocycles. The zero-order chi connectivity index (χ0) is 22.0. The van der Waals surface area contributed by atoms with Crippen LogP contribution in [0.4, 0.5) is 0 Å². The molecular weight excluding hydrogens is 521 g/mol. The Balaban J connectivity index is 1.56. The van der Waals surface area contributed by atoms with E-state index in [-0.39, 0.29) is 11.3 Å². The molecule has 1 aliphatic carbocycles. The highest BCUT2D eigenvalue weighted by atomic mass is 79.9. The van der Waals surface area contributed by atoms with Gasteiger partial charge in [-0.25, -0.2) is 0 Å². The van der Waals surface area contributed by atoms with Crippen molar-refractivity contribution in [2.75, 3.05) is 0 Å². The molecule has 0 saturated heterocycles. The molecule has 1 saturated carbocycles. The van der Waals surface area contributed by atoms with Crippen LogP contribution in [0.3, 0.4) is 0 Å². The zero-order valence-electron chi connectivity index (χ0n) is 16.0. The second-order valence-electron chi connectivity index (χ2n) is 6.80. The van der Waals surface area contributed by atoms with E-state index in [1.54, 1.807) is 6.08 Å². The van der Waals surface area contributed by atoms with E-state index < -0.39 is 5.91 Å². The first kappa shape index (κ1) is 22.0. The minimum Gasteiger partial charge on any atom is -0.506 e. The van der Waals surface area contributed by atoms with Crippen molar-refractivity contribution in [1.82, 2.24) is 5.32 Å². The SMILES string of the molecule is O=C(N/C(=C\c1ccc(Oc2ccccc2Br)cc1)C(O)=C1CC1)c1cc(Cl)sc1Cl. The van der Waals surface area contributed by atoms with Gasteiger partial charge in [-0.05, 0) is 76.3 Å². The second-order valence-corrected chi connectivity index (χ2v) is 9.94. The average Bonchev–Trinajstić information content (AvgIpc) is 3.54. The highest BCUT2D eigenvalue weighted by Crippen LogP contribution is 2.35. The number of carbonyl (C=O) groups excluding carboxylic acids is 1. The van der Waals surface area contributed by atoms with Gasteiger partial charge in [-0.15, -0.1) is 11.3 Å². The van der Waals surface area contributed by atoms with E-state index in [1.807, 2.05) is 48.5 Å². The van der Waals surface area contributed by atoms with Crippen LogP contribution in [0, 0.1) is 0 Å². The molecule has 4 nitrogen and oxygen atoms in total. The zero-order valence-corrected chi connectivity index (χ0v) is 19.9. The summed E-state index contributed by atoms with van der Waals surface area (Å²) in [6.45, 7) is 0. The first-order chi connectivity index (χ1) is 14.9. The number of para-hydroxylation sites is 1. The maximum Gasteiger partial charge on any atom is 0.258 e. The second kappa shape index (κ2) is 9.49. The van der Waals surface area contributed by atoms with Gasteiger partial charge in [0.25, 0.3) is 5.91 Å². The largest absolute Gasteiger partial charge is 0.506 e. The van der Waals surface area contributed by atoms with Crippen molar-refractivity contribution in [3.05, 3.63) is 95.9 Å². The van der Waals surface area contributed by atoms with Gasteiger partial charge < -0.3 is 15.2 Å². The maximum absolute atomic E-state index is 12.7. The number of carbonyl (C=O) groups is 1. The number of hydrogen-bond donors (Lipinski definition) is 2. The van der Waals surface area contributed by atoms with Gasteiger partial charge in [0.05, 0.1) is 20.1 Å². The maximum atomic E-state index is 12.7. The topological polar surface area (TPSA) is 58.6 Å². The van der Waals surface area contributed by atoms with E-state index in [0.29, 0.717) is 25.9 Å². The summed E-state index contributed by atoms with van der Waals surface area (Å²) >= 11 is 16.6. The monoisotopic (exact) mass is 535 g/mol. The average molecular weight is 537 g/mol. The molecule has 31 heavy (non-hydrogen) atoms. The summed E-state index contributed by atoms with van der Waals surface area (Å²) in [5, 5.41) is 13.3. The van der Waals surface area contributed by atoms with Crippen LogP contribution in [0.15, 0.2) is 76.1 Å². The number of halogens is 3. The number of benzene rings is 2. The molecule has 3 aromatic rings.